The van der Waals surface area contributed by atoms with Crippen molar-refractivity contribution in [2.45, 2.75) is 45.6 Å². The monoisotopic (exact) mass is 377 g/mol. The summed E-state index contributed by atoms with van der Waals surface area (Å²) < 4.78 is 0. The van der Waals surface area contributed by atoms with Gasteiger partial charge in [0, 0.05) is 36.1 Å². The molecule has 5 heteroatoms. The predicted molar refractivity (Wildman–Crippen MR) is 113 cm³/mol. The summed E-state index contributed by atoms with van der Waals surface area (Å²) in [4.78, 5) is 27.7. The van der Waals surface area contributed by atoms with Crippen LogP contribution >= 0.6 is 0 Å². The zero-order valence-corrected chi connectivity index (χ0v) is 16.4. The Bertz CT molecular complexity index is 944. The van der Waals surface area contributed by atoms with Gasteiger partial charge in [-0.1, -0.05) is 43.7 Å². The molecule has 1 aromatic heterocycles. The molecule has 0 aliphatic rings. The van der Waals surface area contributed by atoms with Gasteiger partial charge in [-0.15, -0.1) is 0 Å². The maximum Gasteiger partial charge on any atom is 0.247 e. The van der Waals surface area contributed by atoms with E-state index in [1.54, 1.807) is 0 Å². The molecule has 2 aromatic carbocycles. The Balaban J connectivity index is 1.72. The molecule has 2 amide bonds. The van der Waals surface area contributed by atoms with Crippen molar-refractivity contribution in [3.63, 3.8) is 0 Å². The van der Waals surface area contributed by atoms with Crippen molar-refractivity contribution >= 4 is 28.4 Å². The molecule has 0 bridgehead atoms. The Morgan fingerprint density at radius 1 is 1.07 bits per heavy atom. The number of aromatic amines is 1. The van der Waals surface area contributed by atoms with Crippen molar-refractivity contribution in [1.82, 2.24) is 10.3 Å². The number of fused-ring (bicyclic) bond motifs is 1. The van der Waals surface area contributed by atoms with Crippen molar-refractivity contribution in [2.24, 2.45) is 0 Å². The summed E-state index contributed by atoms with van der Waals surface area (Å²) in [6.45, 7) is 3.60. The van der Waals surface area contributed by atoms with Gasteiger partial charge in [0.05, 0.1) is 0 Å². The van der Waals surface area contributed by atoms with Gasteiger partial charge in [-0.3, -0.25) is 9.59 Å². The number of unbranched alkanes of at least 4 members (excludes halogenated alkanes) is 1. The van der Waals surface area contributed by atoms with Crippen LogP contribution in [0.4, 0.5) is 5.69 Å². The number of benzene rings is 2. The van der Waals surface area contributed by atoms with Crippen molar-refractivity contribution in [2.75, 3.05) is 5.32 Å². The van der Waals surface area contributed by atoms with E-state index in [0.29, 0.717) is 6.42 Å². The van der Waals surface area contributed by atoms with Crippen molar-refractivity contribution in [3.8, 4) is 0 Å². The zero-order chi connectivity index (χ0) is 19.9. The fraction of sp³-hybridized carbons (Fsp3) is 0.304. The Morgan fingerprint density at radius 3 is 2.54 bits per heavy atom. The second-order valence-electron chi connectivity index (χ2n) is 7.11. The van der Waals surface area contributed by atoms with Gasteiger partial charge in [0.2, 0.25) is 11.8 Å². The van der Waals surface area contributed by atoms with Crippen molar-refractivity contribution in [1.29, 1.82) is 0 Å². The van der Waals surface area contributed by atoms with Crippen LogP contribution < -0.4 is 10.6 Å². The zero-order valence-electron chi connectivity index (χ0n) is 16.4. The summed E-state index contributed by atoms with van der Waals surface area (Å²) in [6, 6.07) is 15.2. The molecule has 28 heavy (non-hydrogen) atoms. The number of anilines is 1. The molecule has 1 heterocycles. The molecule has 3 rings (SSSR count). The lowest BCUT2D eigenvalue weighted by Gasteiger charge is -2.17. The van der Waals surface area contributed by atoms with E-state index in [2.05, 4.69) is 22.5 Å². The second-order valence-corrected chi connectivity index (χ2v) is 7.11. The SMILES string of the molecule is CCCCc1ccc(NC(=O)C(Cc2c[nH]c3ccccc23)NC(C)=O)cc1. The van der Waals surface area contributed by atoms with Crippen LogP contribution in [0.1, 0.15) is 37.8 Å². The van der Waals surface area contributed by atoms with Crippen LogP contribution in [0.25, 0.3) is 10.9 Å². The van der Waals surface area contributed by atoms with Crippen LogP contribution in [0.5, 0.6) is 0 Å². The topological polar surface area (TPSA) is 74.0 Å². The maximum atomic E-state index is 12.8. The number of nitrogens with one attached hydrogen (secondary N) is 3. The largest absolute Gasteiger partial charge is 0.361 e. The number of rotatable bonds is 8. The fourth-order valence-electron chi connectivity index (χ4n) is 3.34. The average Bonchev–Trinajstić information content (AvgIpc) is 3.09. The third-order valence-electron chi connectivity index (χ3n) is 4.83. The lowest BCUT2D eigenvalue weighted by atomic mass is 10.0. The minimum absolute atomic E-state index is 0.221. The maximum absolute atomic E-state index is 12.8. The summed E-state index contributed by atoms with van der Waals surface area (Å²) >= 11 is 0. The van der Waals surface area contributed by atoms with Gasteiger partial charge in [-0.2, -0.15) is 0 Å². The van der Waals surface area contributed by atoms with Crippen LogP contribution in [0.2, 0.25) is 0 Å². The van der Waals surface area contributed by atoms with E-state index in [-0.39, 0.29) is 11.8 Å². The molecule has 0 aliphatic heterocycles. The Hall–Kier alpha value is -3.08. The van der Waals surface area contributed by atoms with Crippen LogP contribution in [-0.4, -0.2) is 22.8 Å². The molecule has 5 nitrogen and oxygen atoms in total. The van der Waals surface area contributed by atoms with Crippen molar-refractivity contribution < 1.29 is 9.59 Å². The molecule has 3 aromatic rings. The number of aromatic nitrogens is 1. The number of carbonyl (C=O) groups excluding carboxylic acids is 2. The van der Waals surface area contributed by atoms with E-state index in [4.69, 9.17) is 0 Å². The number of para-hydroxylation sites is 1. The van der Waals surface area contributed by atoms with Gasteiger partial charge in [0.25, 0.3) is 0 Å². The lowest BCUT2D eigenvalue weighted by Crippen LogP contribution is -2.44. The third-order valence-corrected chi connectivity index (χ3v) is 4.83. The molecule has 0 saturated heterocycles. The van der Waals surface area contributed by atoms with Gasteiger partial charge in [0.15, 0.2) is 0 Å². The summed E-state index contributed by atoms with van der Waals surface area (Å²) in [7, 11) is 0. The van der Waals surface area contributed by atoms with Crippen LogP contribution in [0, 0.1) is 0 Å². The van der Waals surface area contributed by atoms with Crippen LogP contribution in [0.3, 0.4) is 0 Å². The summed E-state index contributed by atoms with van der Waals surface area (Å²) in [5.41, 5.74) is 4.01. The minimum atomic E-state index is -0.642. The van der Waals surface area contributed by atoms with Crippen LogP contribution in [0.15, 0.2) is 54.7 Å². The van der Waals surface area contributed by atoms with E-state index >= 15 is 0 Å². The van der Waals surface area contributed by atoms with Gasteiger partial charge in [0.1, 0.15) is 6.04 Å². The molecule has 1 unspecified atom stereocenters. The molecule has 0 aliphatic carbocycles. The first kappa shape index (κ1) is 19.7. The summed E-state index contributed by atoms with van der Waals surface area (Å²) in [5, 5.41) is 6.77. The van der Waals surface area contributed by atoms with Crippen molar-refractivity contribution in [3.05, 3.63) is 65.9 Å². The standard InChI is InChI=1S/C23H27N3O2/c1-3-4-7-17-10-12-19(13-11-17)26-23(28)22(25-16(2)27)14-18-15-24-21-9-6-5-8-20(18)21/h5-6,8-13,15,22,24H,3-4,7,14H2,1-2H3,(H,25,27)(H,26,28). The smallest absolute Gasteiger partial charge is 0.247 e. The number of aryl methyl sites for hydroxylation is 1. The van der Waals surface area contributed by atoms with E-state index < -0.39 is 6.04 Å². The molecule has 1 atom stereocenters. The highest BCUT2D eigenvalue weighted by Crippen LogP contribution is 2.20. The molecule has 0 saturated carbocycles. The lowest BCUT2D eigenvalue weighted by molar-refractivity contribution is -0.125. The van der Waals surface area contributed by atoms with E-state index in [9.17, 15) is 9.59 Å². The second kappa shape index (κ2) is 9.22. The molecular formula is C23H27N3O2. The first-order valence-corrected chi connectivity index (χ1v) is 9.78. The molecule has 0 spiro atoms. The summed E-state index contributed by atoms with van der Waals surface area (Å²) in [6.07, 6.45) is 5.67. The number of carbonyl (C=O) groups is 2. The number of hydrogen-bond acceptors (Lipinski definition) is 2. The number of hydrogen-bond donors (Lipinski definition) is 3. The molecular weight excluding hydrogens is 350 g/mol. The number of H-pyrrole nitrogens is 1. The summed E-state index contributed by atoms with van der Waals surface area (Å²) in [5.74, 6) is -0.448. The Kier molecular flexibility index (Phi) is 6.48. The predicted octanol–water partition coefficient (Wildman–Crippen LogP) is 4.20. The Labute approximate surface area is 165 Å². The minimum Gasteiger partial charge on any atom is -0.361 e. The van der Waals surface area contributed by atoms with E-state index in [1.807, 2.05) is 54.7 Å². The van der Waals surface area contributed by atoms with Crippen LogP contribution in [-0.2, 0) is 22.4 Å². The third kappa shape index (κ3) is 5.00. The van der Waals surface area contributed by atoms with E-state index in [1.165, 1.54) is 12.5 Å². The molecule has 3 N–H and O–H groups in total. The number of amides is 2. The first-order valence-electron chi connectivity index (χ1n) is 9.78. The Morgan fingerprint density at radius 2 is 1.82 bits per heavy atom. The highest BCUT2D eigenvalue weighted by molar-refractivity contribution is 5.97. The fourth-order valence-corrected chi connectivity index (χ4v) is 3.34. The van der Waals surface area contributed by atoms with Gasteiger partial charge in [-0.05, 0) is 42.2 Å². The average molecular weight is 377 g/mol. The van der Waals surface area contributed by atoms with E-state index in [0.717, 1.165) is 41.4 Å². The quantitative estimate of drug-likeness (QED) is 0.550. The van der Waals surface area contributed by atoms with Gasteiger partial charge < -0.3 is 15.6 Å². The first-order chi connectivity index (χ1) is 13.6. The molecule has 0 fully saturated rings. The molecule has 146 valence electrons. The van der Waals surface area contributed by atoms with Gasteiger partial charge >= 0.3 is 0 Å². The van der Waals surface area contributed by atoms with Gasteiger partial charge in [-0.25, -0.2) is 0 Å². The highest BCUT2D eigenvalue weighted by Gasteiger charge is 2.21. The molecule has 0 radical (unpaired) electrons. The highest BCUT2D eigenvalue weighted by atomic mass is 16.2. The normalized spacial score (nSPS) is 11.9.